The minimum atomic E-state index is 1.06. The molecule has 0 rings (SSSR count). The van der Waals surface area contributed by atoms with Gasteiger partial charge in [0.1, 0.15) is 0 Å². The third kappa shape index (κ3) is 6.39. The van der Waals surface area contributed by atoms with Gasteiger partial charge in [-0.3, -0.25) is 4.99 Å². The average Bonchev–Trinajstić information content (AvgIpc) is 2.31. The lowest BCUT2D eigenvalue weighted by atomic mass is 10.1. The van der Waals surface area contributed by atoms with Gasteiger partial charge in [-0.25, -0.2) is 0 Å². The number of allylic oxidation sites excluding steroid dienone is 5. The molecule has 0 aliphatic heterocycles. The molecule has 1 heteroatoms. The van der Waals surface area contributed by atoms with Gasteiger partial charge in [0.2, 0.25) is 0 Å². The Bertz CT molecular complexity index is 303. The fraction of sp³-hybridized carbons (Fsp3) is 0.533. The van der Waals surface area contributed by atoms with Gasteiger partial charge in [-0.2, -0.15) is 0 Å². The molecule has 0 amide bonds. The normalized spacial score (nSPS) is 14.9. The van der Waals surface area contributed by atoms with Crippen molar-refractivity contribution in [2.24, 2.45) is 4.99 Å². The second kappa shape index (κ2) is 9.14. The second-order valence-electron chi connectivity index (χ2n) is 4.03. The first-order chi connectivity index (χ1) is 7.65. The summed E-state index contributed by atoms with van der Waals surface area (Å²) >= 11 is 0. The number of hydrogen-bond acceptors (Lipinski definition) is 1. The molecule has 0 radical (unpaired) electrons. The first-order valence-corrected chi connectivity index (χ1v) is 6.17. The smallest absolute Gasteiger partial charge is 0.0339 e. The van der Waals surface area contributed by atoms with E-state index < -0.39 is 0 Å². The summed E-state index contributed by atoms with van der Waals surface area (Å²) in [7, 11) is 0. The van der Waals surface area contributed by atoms with Crippen molar-refractivity contribution in [2.45, 2.75) is 53.9 Å². The summed E-state index contributed by atoms with van der Waals surface area (Å²) in [5, 5.41) is 0. The predicted octanol–water partition coefficient (Wildman–Crippen LogP) is 5.06. The molecule has 0 aromatic rings. The minimum absolute atomic E-state index is 1.06. The number of unbranched alkanes of at least 4 members (excludes halogenated alkanes) is 1. The summed E-state index contributed by atoms with van der Waals surface area (Å²) in [6, 6.07) is 0. The Morgan fingerprint density at radius 2 is 1.88 bits per heavy atom. The Morgan fingerprint density at radius 1 is 1.19 bits per heavy atom. The van der Waals surface area contributed by atoms with E-state index in [2.05, 4.69) is 51.8 Å². The van der Waals surface area contributed by atoms with Crippen LogP contribution in [0.4, 0.5) is 0 Å². The highest BCUT2D eigenvalue weighted by Gasteiger charge is 1.93. The molecule has 0 aromatic carbocycles. The van der Waals surface area contributed by atoms with E-state index in [4.69, 9.17) is 0 Å². The van der Waals surface area contributed by atoms with Crippen LogP contribution in [0.5, 0.6) is 0 Å². The first kappa shape index (κ1) is 14.9. The molecule has 1 nitrogen and oxygen atoms in total. The highest BCUT2D eigenvalue weighted by molar-refractivity contribution is 5.84. The largest absolute Gasteiger partial charge is 0.264 e. The third-order valence-electron chi connectivity index (χ3n) is 2.57. The van der Waals surface area contributed by atoms with Crippen molar-refractivity contribution in [1.82, 2.24) is 0 Å². The van der Waals surface area contributed by atoms with E-state index >= 15 is 0 Å². The maximum Gasteiger partial charge on any atom is 0.0339 e. The minimum Gasteiger partial charge on any atom is -0.264 e. The van der Waals surface area contributed by atoms with Crippen LogP contribution in [0.3, 0.4) is 0 Å². The molecule has 0 aliphatic rings. The zero-order chi connectivity index (χ0) is 12.4. The molecule has 0 atom stereocenters. The summed E-state index contributed by atoms with van der Waals surface area (Å²) in [4.78, 5) is 4.35. The zero-order valence-electron chi connectivity index (χ0n) is 11.4. The van der Waals surface area contributed by atoms with E-state index in [1.54, 1.807) is 0 Å². The van der Waals surface area contributed by atoms with Gasteiger partial charge in [-0.05, 0) is 44.8 Å². The van der Waals surface area contributed by atoms with Crippen LogP contribution in [-0.2, 0) is 0 Å². The van der Waals surface area contributed by atoms with E-state index in [0.29, 0.717) is 0 Å². The molecule has 0 N–H and O–H groups in total. The molecule has 0 unspecified atom stereocenters. The maximum atomic E-state index is 4.35. The van der Waals surface area contributed by atoms with Gasteiger partial charge in [0.05, 0.1) is 0 Å². The van der Waals surface area contributed by atoms with Crippen LogP contribution in [0.25, 0.3) is 0 Å². The van der Waals surface area contributed by atoms with Crippen molar-refractivity contribution in [3.05, 3.63) is 35.1 Å². The fourth-order valence-electron chi connectivity index (χ4n) is 1.22. The van der Waals surface area contributed by atoms with E-state index in [1.165, 1.54) is 23.1 Å². The quantitative estimate of drug-likeness (QED) is 0.437. The Morgan fingerprint density at radius 3 is 2.38 bits per heavy atom. The van der Waals surface area contributed by atoms with E-state index in [0.717, 1.165) is 12.8 Å². The van der Waals surface area contributed by atoms with Crippen molar-refractivity contribution >= 4 is 6.21 Å². The van der Waals surface area contributed by atoms with Crippen molar-refractivity contribution in [1.29, 1.82) is 0 Å². The molecule has 0 saturated carbocycles. The van der Waals surface area contributed by atoms with Crippen molar-refractivity contribution < 1.29 is 0 Å². The van der Waals surface area contributed by atoms with Gasteiger partial charge in [0, 0.05) is 12.4 Å². The molecular formula is C15H25N. The van der Waals surface area contributed by atoms with Crippen LogP contribution in [0.2, 0.25) is 0 Å². The van der Waals surface area contributed by atoms with Crippen molar-refractivity contribution in [3.8, 4) is 0 Å². The monoisotopic (exact) mass is 219 g/mol. The lowest BCUT2D eigenvalue weighted by Gasteiger charge is -2.00. The van der Waals surface area contributed by atoms with Crippen LogP contribution >= 0.6 is 0 Å². The zero-order valence-corrected chi connectivity index (χ0v) is 11.4. The Hall–Kier alpha value is -1.11. The number of aliphatic imine (C=N–C) groups is 1. The summed E-state index contributed by atoms with van der Waals surface area (Å²) in [5.41, 5.74) is 3.84. The van der Waals surface area contributed by atoms with Crippen LogP contribution in [0.15, 0.2) is 40.1 Å². The summed E-state index contributed by atoms with van der Waals surface area (Å²) in [6.07, 6.45) is 11.7. The molecule has 0 fully saturated rings. The lowest BCUT2D eigenvalue weighted by molar-refractivity contribution is 0.951. The van der Waals surface area contributed by atoms with Gasteiger partial charge in [0.25, 0.3) is 0 Å². The number of rotatable bonds is 6. The molecule has 0 aromatic heterocycles. The molecule has 0 heterocycles. The standard InChI is InChI=1S/C15H25N/c1-6-9-10-14(5)15(8-3)12-16-11-13(4)7-2/h8,10-12H,6-7,9H2,1-5H3/b13-11+,14-10+,15-8+,16-12-. The van der Waals surface area contributed by atoms with E-state index in [9.17, 15) is 0 Å². The van der Waals surface area contributed by atoms with E-state index in [-0.39, 0.29) is 0 Å². The van der Waals surface area contributed by atoms with Crippen LogP contribution in [-0.4, -0.2) is 6.21 Å². The summed E-state index contributed by atoms with van der Waals surface area (Å²) < 4.78 is 0. The van der Waals surface area contributed by atoms with Crippen molar-refractivity contribution in [2.75, 3.05) is 0 Å². The highest BCUT2D eigenvalue weighted by atomic mass is 14.7. The van der Waals surface area contributed by atoms with E-state index in [1.807, 2.05) is 12.4 Å². The second-order valence-corrected chi connectivity index (χ2v) is 4.03. The Labute approximate surface area is 101 Å². The SMILES string of the molecule is C/C=C(\C=N/C=C(\C)CC)C(/C)=C/CCC. The maximum absolute atomic E-state index is 4.35. The average molecular weight is 219 g/mol. The van der Waals surface area contributed by atoms with Crippen molar-refractivity contribution in [3.63, 3.8) is 0 Å². The van der Waals surface area contributed by atoms with Crippen LogP contribution in [0, 0.1) is 0 Å². The lowest BCUT2D eigenvalue weighted by Crippen LogP contribution is -1.87. The highest BCUT2D eigenvalue weighted by Crippen LogP contribution is 2.09. The molecular weight excluding hydrogens is 194 g/mol. The molecule has 0 spiro atoms. The van der Waals surface area contributed by atoms with Crippen LogP contribution in [0.1, 0.15) is 53.9 Å². The third-order valence-corrected chi connectivity index (χ3v) is 2.57. The van der Waals surface area contributed by atoms with Crippen LogP contribution < -0.4 is 0 Å². The Balaban J connectivity index is 4.54. The number of hydrogen-bond donors (Lipinski definition) is 0. The predicted molar refractivity (Wildman–Crippen MR) is 75.0 cm³/mol. The Kier molecular flexibility index (Phi) is 8.51. The van der Waals surface area contributed by atoms with Gasteiger partial charge >= 0.3 is 0 Å². The van der Waals surface area contributed by atoms with Gasteiger partial charge in [-0.15, -0.1) is 0 Å². The summed E-state index contributed by atoms with van der Waals surface area (Å²) in [5.74, 6) is 0. The molecule has 0 bridgehead atoms. The van der Waals surface area contributed by atoms with Gasteiger partial charge in [0.15, 0.2) is 0 Å². The topological polar surface area (TPSA) is 12.4 Å². The molecule has 0 saturated heterocycles. The molecule has 16 heavy (non-hydrogen) atoms. The summed E-state index contributed by atoms with van der Waals surface area (Å²) in [6.45, 7) is 10.6. The number of nitrogens with zero attached hydrogens (tertiary/aromatic N) is 1. The molecule has 90 valence electrons. The first-order valence-electron chi connectivity index (χ1n) is 6.17. The van der Waals surface area contributed by atoms with Gasteiger partial charge in [-0.1, -0.05) is 38.0 Å². The fourth-order valence-corrected chi connectivity index (χ4v) is 1.22. The van der Waals surface area contributed by atoms with Gasteiger partial charge < -0.3 is 0 Å². The molecule has 0 aliphatic carbocycles.